The second-order valence-electron chi connectivity index (χ2n) is 2.27. The predicted octanol–water partition coefficient (Wildman–Crippen LogP) is 0.374. The van der Waals surface area contributed by atoms with Crippen molar-refractivity contribution in [2.75, 3.05) is 0 Å². The van der Waals surface area contributed by atoms with Crippen LogP contribution in [0.3, 0.4) is 0 Å². The molecule has 1 aliphatic carbocycles. The molecule has 9 heavy (non-hydrogen) atoms. The molecule has 0 saturated heterocycles. The van der Waals surface area contributed by atoms with Crippen molar-refractivity contribution in [3.8, 4) is 0 Å². The fraction of sp³-hybridized carbons (Fsp3) is 0.571. The molecule has 0 aliphatic heterocycles. The highest BCUT2D eigenvalue weighted by Crippen LogP contribution is 2.17. The van der Waals surface area contributed by atoms with Gasteiger partial charge in [-0.05, 0) is 24.8 Å². The normalized spacial score (nSPS) is 24.9. The van der Waals surface area contributed by atoms with Gasteiger partial charge in [-0.2, -0.15) is 0 Å². The number of allylic oxidation sites excluding steroid dienone is 1. The van der Waals surface area contributed by atoms with E-state index in [9.17, 15) is 9.90 Å². The van der Waals surface area contributed by atoms with Gasteiger partial charge in [-0.1, -0.05) is 0 Å². The van der Waals surface area contributed by atoms with Crippen LogP contribution >= 0.6 is 0 Å². The van der Waals surface area contributed by atoms with Crippen LogP contribution in [0.1, 0.15) is 25.7 Å². The molecule has 0 aromatic rings. The molecule has 1 rings (SSSR count). The molecule has 1 fully saturated rings. The highest BCUT2D eigenvalue weighted by Gasteiger charge is 2.11. The first-order valence-electron chi connectivity index (χ1n) is 3.19. The smallest absolute Gasteiger partial charge is 0.157 e. The molecule has 2 heteroatoms. The van der Waals surface area contributed by atoms with E-state index >= 15 is 0 Å². The SMILES string of the molecule is O=C1CCCC/C1=C/[O-]. The van der Waals surface area contributed by atoms with Gasteiger partial charge in [0.2, 0.25) is 0 Å². The van der Waals surface area contributed by atoms with Crippen molar-refractivity contribution in [1.29, 1.82) is 0 Å². The van der Waals surface area contributed by atoms with Crippen molar-refractivity contribution in [3.63, 3.8) is 0 Å². The Kier molecular flexibility index (Phi) is 1.88. The molecule has 0 aromatic carbocycles. The molecule has 0 aromatic heterocycles. The van der Waals surface area contributed by atoms with Gasteiger partial charge in [-0.3, -0.25) is 4.79 Å². The summed E-state index contributed by atoms with van der Waals surface area (Å²) >= 11 is 0. The zero-order valence-corrected chi connectivity index (χ0v) is 5.22. The van der Waals surface area contributed by atoms with E-state index in [0.717, 1.165) is 12.8 Å². The van der Waals surface area contributed by atoms with Gasteiger partial charge in [-0.25, -0.2) is 0 Å². The second kappa shape index (κ2) is 2.67. The monoisotopic (exact) mass is 125 g/mol. The summed E-state index contributed by atoms with van der Waals surface area (Å²) in [5.74, 6) is 0.0521. The molecule has 0 spiro atoms. The Balaban J connectivity index is 2.60. The summed E-state index contributed by atoms with van der Waals surface area (Å²) in [6.45, 7) is 0. The summed E-state index contributed by atoms with van der Waals surface area (Å²) in [6.07, 6.45) is 3.92. The zero-order chi connectivity index (χ0) is 6.69. The lowest BCUT2D eigenvalue weighted by molar-refractivity contribution is -0.276. The summed E-state index contributed by atoms with van der Waals surface area (Å²) in [6, 6.07) is 0. The minimum Gasteiger partial charge on any atom is -0.878 e. The first-order chi connectivity index (χ1) is 4.34. The second-order valence-corrected chi connectivity index (χ2v) is 2.27. The standard InChI is InChI=1S/C7H10O2/c8-5-6-3-1-2-4-7(6)9/h5,8H,1-4H2/p-1/b6-5-. The molecule has 0 amide bonds. The van der Waals surface area contributed by atoms with Crippen LogP contribution < -0.4 is 5.11 Å². The molecule has 0 heterocycles. The van der Waals surface area contributed by atoms with Crippen molar-refractivity contribution < 1.29 is 9.90 Å². The van der Waals surface area contributed by atoms with Crippen LogP contribution in [0.5, 0.6) is 0 Å². The molecule has 0 atom stereocenters. The van der Waals surface area contributed by atoms with Crippen LogP contribution in [0.2, 0.25) is 0 Å². The van der Waals surface area contributed by atoms with Gasteiger partial charge in [-0.15, -0.1) is 6.26 Å². The number of carbonyl (C=O) groups is 1. The van der Waals surface area contributed by atoms with Crippen molar-refractivity contribution in [1.82, 2.24) is 0 Å². The number of hydrogen-bond donors (Lipinski definition) is 0. The summed E-state index contributed by atoms with van der Waals surface area (Å²) in [4.78, 5) is 10.8. The molecule has 1 aliphatic rings. The number of rotatable bonds is 0. The maximum Gasteiger partial charge on any atom is 0.157 e. The lowest BCUT2D eigenvalue weighted by Gasteiger charge is -2.13. The first kappa shape index (κ1) is 6.33. The Morgan fingerprint density at radius 3 is 2.44 bits per heavy atom. The molecule has 1 saturated carbocycles. The van der Waals surface area contributed by atoms with Crippen LogP contribution in [0.25, 0.3) is 0 Å². The van der Waals surface area contributed by atoms with Gasteiger partial charge in [0.15, 0.2) is 5.78 Å². The van der Waals surface area contributed by atoms with E-state index in [2.05, 4.69) is 0 Å². The maximum absolute atomic E-state index is 10.8. The first-order valence-corrected chi connectivity index (χ1v) is 3.19. The molecule has 0 N–H and O–H groups in total. The minimum absolute atomic E-state index is 0.0521. The van der Waals surface area contributed by atoms with Crippen molar-refractivity contribution in [2.45, 2.75) is 25.7 Å². The Hall–Kier alpha value is -0.790. The highest BCUT2D eigenvalue weighted by molar-refractivity contribution is 5.95. The largest absolute Gasteiger partial charge is 0.878 e. The average molecular weight is 125 g/mol. The van der Waals surface area contributed by atoms with Crippen molar-refractivity contribution in [3.05, 3.63) is 11.8 Å². The van der Waals surface area contributed by atoms with Crippen LogP contribution in [-0.2, 0) is 4.79 Å². The Morgan fingerprint density at radius 2 is 2.00 bits per heavy atom. The van der Waals surface area contributed by atoms with Crippen molar-refractivity contribution >= 4 is 5.78 Å². The third kappa shape index (κ3) is 1.31. The average Bonchev–Trinajstić information content (AvgIpc) is 1.89. The van der Waals surface area contributed by atoms with E-state index in [1.807, 2.05) is 0 Å². The molecular formula is C7H9O2-. The number of carbonyl (C=O) groups excluding carboxylic acids is 1. The zero-order valence-electron chi connectivity index (χ0n) is 5.22. The van der Waals surface area contributed by atoms with Crippen LogP contribution in [0.15, 0.2) is 11.8 Å². The fourth-order valence-electron chi connectivity index (χ4n) is 1.03. The lowest BCUT2D eigenvalue weighted by atomic mass is 9.95. The lowest BCUT2D eigenvalue weighted by Crippen LogP contribution is -2.10. The quantitative estimate of drug-likeness (QED) is 0.346. The molecule has 0 radical (unpaired) electrons. The third-order valence-corrected chi connectivity index (χ3v) is 1.60. The van der Waals surface area contributed by atoms with Gasteiger partial charge in [0, 0.05) is 6.42 Å². The van der Waals surface area contributed by atoms with E-state index in [1.54, 1.807) is 0 Å². The van der Waals surface area contributed by atoms with Gasteiger partial charge in [0.05, 0.1) is 0 Å². The molecule has 50 valence electrons. The van der Waals surface area contributed by atoms with Gasteiger partial charge in [0.1, 0.15) is 0 Å². The summed E-state index contributed by atoms with van der Waals surface area (Å²) in [5.41, 5.74) is 0.487. The van der Waals surface area contributed by atoms with Crippen LogP contribution in [0.4, 0.5) is 0 Å². The number of Topliss-reactive ketones (excluding diaryl/α,β-unsaturated/α-hetero) is 1. The van der Waals surface area contributed by atoms with E-state index in [4.69, 9.17) is 0 Å². The minimum atomic E-state index is 0.0521. The van der Waals surface area contributed by atoms with E-state index < -0.39 is 0 Å². The number of ketones is 1. The predicted molar refractivity (Wildman–Crippen MR) is 31.6 cm³/mol. The molecule has 0 unspecified atom stereocenters. The van der Waals surface area contributed by atoms with Gasteiger partial charge >= 0.3 is 0 Å². The topological polar surface area (TPSA) is 40.1 Å². The summed E-state index contributed by atoms with van der Waals surface area (Å²) in [7, 11) is 0. The van der Waals surface area contributed by atoms with Crippen LogP contribution in [-0.4, -0.2) is 5.78 Å². The van der Waals surface area contributed by atoms with Crippen molar-refractivity contribution in [2.24, 2.45) is 0 Å². The molecular weight excluding hydrogens is 116 g/mol. The highest BCUT2D eigenvalue weighted by atomic mass is 16.2. The molecule has 0 bridgehead atoms. The van der Waals surface area contributed by atoms with Gasteiger partial charge in [0.25, 0.3) is 0 Å². The van der Waals surface area contributed by atoms with E-state index in [-0.39, 0.29) is 5.78 Å². The van der Waals surface area contributed by atoms with Crippen LogP contribution in [0, 0.1) is 0 Å². The summed E-state index contributed by atoms with van der Waals surface area (Å²) in [5, 5.41) is 10.1. The summed E-state index contributed by atoms with van der Waals surface area (Å²) < 4.78 is 0. The van der Waals surface area contributed by atoms with E-state index in [0.29, 0.717) is 24.7 Å². The van der Waals surface area contributed by atoms with E-state index in [1.165, 1.54) is 0 Å². The number of hydrogen-bond acceptors (Lipinski definition) is 2. The fourth-order valence-corrected chi connectivity index (χ4v) is 1.03. The maximum atomic E-state index is 10.8. The van der Waals surface area contributed by atoms with Gasteiger partial charge < -0.3 is 5.11 Å². The third-order valence-electron chi connectivity index (χ3n) is 1.60. The Bertz CT molecular complexity index is 147. The molecule has 2 nitrogen and oxygen atoms in total. The Morgan fingerprint density at radius 1 is 1.33 bits per heavy atom. The Labute approximate surface area is 54.2 Å².